The van der Waals surface area contributed by atoms with Gasteiger partial charge >= 0.3 is 11.9 Å². The molecule has 0 atom stereocenters. The molecular formula is C17H21ClO4. The lowest BCUT2D eigenvalue weighted by molar-refractivity contribution is -0.142. The van der Waals surface area contributed by atoms with Gasteiger partial charge in [0.25, 0.3) is 0 Å². The third-order valence-corrected chi connectivity index (χ3v) is 3.09. The lowest BCUT2D eigenvalue weighted by Gasteiger charge is -2.07. The van der Waals surface area contributed by atoms with Crippen LogP contribution >= 0.6 is 11.6 Å². The summed E-state index contributed by atoms with van der Waals surface area (Å²) in [7, 11) is 0. The fourth-order valence-corrected chi connectivity index (χ4v) is 1.88. The molecular weight excluding hydrogens is 304 g/mol. The Hall–Kier alpha value is -1.81. The lowest BCUT2D eigenvalue weighted by atomic mass is 10.2. The Kier molecular flexibility index (Phi) is 7.67. The summed E-state index contributed by atoms with van der Waals surface area (Å²) < 4.78 is 10.2. The summed E-state index contributed by atoms with van der Waals surface area (Å²) in [5.74, 6) is -0.198. The molecule has 0 saturated heterocycles. The van der Waals surface area contributed by atoms with Crippen LogP contribution in [0.2, 0.25) is 5.02 Å². The average molecular weight is 325 g/mol. The standard InChI is InChI=1S/C17H21ClO4/c1-12(2)9-10-21-16(19)5-4-6-17(20)22-15-8-7-14(18)11-13(15)3/h7-9,11H,4-6,10H2,1-3H3. The minimum Gasteiger partial charge on any atom is -0.461 e. The van der Waals surface area contributed by atoms with Crippen molar-refractivity contribution in [3.63, 3.8) is 0 Å². The summed E-state index contributed by atoms with van der Waals surface area (Å²) in [6.07, 6.45) is 2.60. The maximum absolute atomic E-state index is 11.7. The van der Waals surface area contributed by atoms with E-state index in [-0.39, 0.29) is 31.4 Å². The normalized spacial score (nSPS) is 10.0. The molecule has 0 saturated carbocycles. The van der Waals surface area contributed by atoms with Crippen LogP contribution in [0.15, 0.2) is 29.8 Å². The Morgan fingerprint density at radius 1 is 1.18 bits per heavy atom. The fourth-order valence-electron chi connectivity index (χ4n) is 1.65. The molecule has 1 aromatic rings. The summed E-state index contributed by atoms with van der Waals surface area (Å²) in [5.41, 5.74) is 1.89. The number of carbonyl (C=O) groups is 2. The molecule has 0 aliphatic rings. The SMILES string of the molecule is CC(C)=CCOC(=O)CCCC(=O)Oc1ccc(Cl)cc1C. The molecule has 0 bridgehead atoms. The Labute approximate surface area is 136 Å². The maximum atomic E-state index is 11.7. The van der Waals surface area contributed by atoms with Crippen molar-refractivity contribution in [2.45, 2.75) is 40.0 Å². The zero-order chi connectivity index (χ0) is 16.5. The first-order valence-corrected chi connectivity index (χ1v) is 7.52. The molecule has 0 spiro atoms. The van der Waals surface area contributed by atoms with Crippen molar-refractivity contribution in [1.29, 1.82) is 0 Å². The number of hydrogen-bond acceptors (Lipinski definition) is 4. The molecule has 120 valence electrons. The Morgan fingerprint density at radius 2 is 1.86 bits per heavy atom. The molecule has 0 radical (unpaired) electrons. The van der Waals surface area contributed by atoms with Gasteiger partial charge in [-0.3, -0.25) is 9.59 Å². The van der Waals surface area contributed by atoms with Crippen LogP contribution in [0.25, 0.3) is 0 Å². The first-order valence-electron chi connectivity index (χ1n) is 7.14. The maximum Gasteiger partial charge on any atom is 0.311 e. The molecule has 0 amide bonds. The first-order chi connectivity index (χ1) is 10.4. The van der Waals surface area contributed by atoms with E-state index < -0.39 is 0 Å². The summed E-state index contributed by atoms with van der Waals surface area (Å²) in [6, 6.07) is 5.05. The summed E-state index contributed by atoms with van der Waals surface area (Å²) >= 11 is 5.84. The van der Waals surface area contributed by atoms with Crippen LogP contribution < -0.4 is 4.74 Å². The number of aryl methyl sites for hydroxylation is 1. The van der Waals surface area contributed by atoms with Gasteiger partial charge in [0.15, 0.2) is 0 Å². The molecule has 0 aliphatic carbocycles. The Bertz CT molecular complexity index is 560. The summed E-state index contributed by atoms with van der Waals surface area (Å²) in [5, 5.41) is 0.594. The first kappa shape index (κ1) is 18.2. The summed E-state index contributed by atoms with van der Waals surface area (Å²) in [6.45, 7) is 5.95. The van der Waals surface area contributed by atoms with Gasteiger partial charge < -0.3 is 9.47 Å². The van der Waals surface area contributed by atoms with Gasteiger partial charge in [0, 0.05) is 17.9 Å². The minimum absolute atomic E-state index is 0.166. The molecule has 0 unspecified atom stereocenters. The van der Waals surface area contributed by atoms with Crippen LogP contribution in [0.5, 0.6) is 5.75 Å². The highest BCUT2D eigenvalue weighted by atomic mass is 35.5. The molecule has 0 heterocycles. The number of ether oxygens (including phenoxy) is 2. The van der Waals surface area contributed by atoms with E-state index in [9.17, 15) is 9.59 Å². The second-order valence-corrected chi connectivity index (χ2v) is 5.64. The zero-order valence-corrected chi connectivity index (χ0v) is 13.9. The van der Waals surface area contributed by atoms with Gasteiger partial charge in [-0.05, 0) is 57.0 Å². The van der Waals surface area contributed by atoms with Gasteiger partial charge in [0.05, 0.1) is 0 Å². The number of halogens is 1. The molecule has 0 aliphatic heterocycles. The van der Waals surface area contributed by atoms with Gasteiger partial charge in [0.1, 0.15) is 12.4 Å². The highest BCUT2D eigenvalue weighted by Crippen LogP contribution is 2.22. The van der Waals surface area contributed by atoms with Crippen molar-refractivity contribution in [3.05, 3.63) is 40.4 Å². The van der Waals surface area contributed by atoms with Crippen LogP contribution in [0.1, 0.15) is 38.7 Å². The second-order valence-electron chi connectivity index (χ2n) is 5.20. The van der Waals surface area contributed by atoms with E-state index in [0.717, 1.165) is 11.1 Å². The van der Waals surface area contributed by atoms with Crippen LogP contribution in [0.4, 0.5) is 0 Å². The molecule has 0 N–H and O–H groups in total. The quantitative estimate of drug-likeness (QED) is 0.428. The zero-order valence-electron chi connectivity index (χ0n) is 13.1. The predicted octanol–water partition coefficient (Wildman–Crippen LogP) is 4.23. The number of hydrogen-bond donors (Lipinski definition) is 0. The van der Waals surface area contributed by atoms with E-state index >= 15 is 0 Å². The molecule has 22 heavy (non-hydrogen) atoms. The van der Waals surface area contributed by atoms with E-state index in [2.05, 4.69) is 0 Å². The van der Waals surface area contributed by atoms with Crippen molar-refractivity contribution in [3.8, 4) is 5.75 Å². The lowest BCUT2D eigenvalue weighted by Crippen LogP contribution is -2.10. The fraction of sp³-hybridized carbons (Fsp3) is 0.412. The Morgan fingerprint density at radius 3 is 2.50 bits per heavy atom. The third kappa shape index (κ3) is 7.27. The molecule has 1 rings (SSSR count). The van der Waals surface area contributed by atoms with Crippen LogP contribution in [-0.2, 0) is 14.3 Å². The summed E-state index contributed by atoms with van der Waals surface area (Å²) in [4.78, 5) is 23.2. The van der Waals surface area contributed by atoms with Gasteiger partial charge in [-0.15, -0.1) is 0 Å². The predicted molar refractivity (Wildman–Crippen MR) is 86.1 cm³/mol. The van der Waals surface area contributed by atoms with E-state index in [0.29, 0.717) is 17.2 Å². The van der Waals surface area contributed by atoms with E-state index in [1.165, 1.54) is 0 Å². The molecule has 4 nitrogen and oxygen atoms in total. The largest absolute Gasteiger partial charge is 0.461 e. The molecule has 5 heteroatoms. The van der Waals surface area contributed by atoms with Gasteiger partial charge in [-0.1, -0.05) is 17.2 Å². The monoisotopic (exact) mass is 324 g/mol. The van der Waals surface area contributed by atoms with Crippen LogP contribution in [0.3, 0.4) is 0 Å². The van der Waals surface area contributed by atoms with Gasteiger partial charge in [-0.2, -0.15) is 0 Å². The molecule has 1 aromatic carbocycles. The molecule has 0 aromatic heterocycles. The smallest absolute Gasteiger partial charge is 0.311 e. The highest BCUT2D eigenvalue weighted by Gasteiger charge is 2.09. The number of esters is 2. The molecule has 0 fully saturated rings. The average Bonchev–Trinajstić information content (AvgIpc) is 2.41. The van der Waals surface area contributed by atoms with E-state index in [1.807, 2.05) is 26.8 Å². The van der Waals surface area contributed by atoms with Crippen LogP contribution in [-0.4, -0.2) is 18.5 Å². The van der Waals surface area contributed by atoms with Crippen molar-refractivity contribution in [2.24, 2.45) is 0 Å². The van der Waals surface area contributed by atoms with Gasteiger partial charge in [-0.25, -0.2) is 0 Å². The van der Waals surface area contributed by atoms with Crippen molar-refractivity contribution in [1.82, 2.24) is 0 Å². The van der Waals surface area contributed by atoms with Crippen molar-refractivity contribution in [2.75, 3.05) is 6.61 Å². The Balaban J connectivity index is 2.28. The van der Waals surface area contributed by atoms with E-state index in [4.69, 9.17) is 21.1 Å². The number of allylic oxidation sites excluding steroid dienone is 1. The topological polar surface area (TPSA) is 52.6 Å². The van der Waals surface area contributed by atoms with Crippen LogP contribution in [0, 0.1) is 6.92 Å². The van der Waals surface area contributed by atoms with Crippen molar-refractivity contribution < 1.29 is 19.1 Å². The second kappa shape index (κ2) is 9.26. The number of carbonyl (C=O) groups excluding carboxylic acids is 2. The number of rotatable bonds is 7. The van der Waals surface area contributed by atoms with Gasteiger partial charge in [0.2, 0.25) is 0 Å². The van der Waals surface area contributed by atoms with Crippen molar-refractivity contribution >= 4 is 23.5 Å². The highest BCUT2D eigenvalue weighted by molar-refractivity contribution is 6.30. The van der Waals surface area contributed by atoms with E-state index in [1.54, 1.807) is 18.2 Å². The third-order valence-electron chi connectivity index (χ3n) is 2.86. The minimum atomic E-state index is -0.373. The number of benzene rings is 1.